The summed E-state index contributed by atoms with van der Waals surface area (Å²) in [5.41, 5.74) is 4.52. The standard InChI is InChI=1S/C29H46O4Si/c1-20(2)19-32-27(16-23-14-12-13-21(3)15-23)28(33-34(10,11)29(5,6)7)24-17-25(30-8)22(4)26(18-24)31-9/h12-15,17-18,20,27-28H,16,19H2,1-11H3/t27-,28+/m0/s1. The van der Waals surface area contributed by atoms with E-state index in [1.807, 2.05) is 6.92 Å². The molecule has 0 unspecified atom stereocenters. The predicted molar refractivity (Wildman–Crippen MR) is 145 cm³/mol. The fraction of sp³-hybridized carbons (Fsp3) is 0.586. The predicted octanol–water partition coefficient (Wildman–Crippen LogP) is 7.67. The van der Waals surface area contributed by atoms with Crippen molar-refractivity contribution in [1.82, 2.24) is 0 Å². The molecule has 0 fully saturated rings. The lowest BCUT2D eigenvalue weighted by Gasteiger charge is -2.42. The van der Waals surface area contributed by atoms with Crippen molar-refractivity contribution in [1.29, 1.82) is 0 Å². The van der Waals surface area contributed by atoms with Crippen molar-refractivity contribution in [2.75, 3.05) is 20.8 Å². The molecule has 0 N–H and O–H groups in total. The van der Waals surface area contributed by atoms with E-state index in [0.717, 1.165) is 29.0 Å². The molecule has 0 aliphatic carbocycles. The average molecular weight is 487 g/mol. The highest BCUT2D eigenvalue weighted by atomic mass is 28.4. The SMILES string of the molecule is COc1cc([C@@H](O[Si](C)(C)C(C)(C)C)[C@H](Cc2cccc(C)c2)OCC(C)C)cc(OC)c1C. The molecule has 2 aromatic carbocycles. The average Bonchev–Trinajstić information content (AvgIpc) is 2.74. The summed E-state index contributed by atoms with van der Waals surface area (Å²) in [6.07, 6.45) is 0.380. The maximum absolute atomic E-state index is 7.13. The molecule has 4 nitrogen and oxygen atoms in total. The van der Waals surface area contributed by atoms with Gasteiger partial charge in [-0.25, -0.2) is 0 Å². The van der Waals surface area contributed by atoms with E-state index < -0.39 is 8.32 Å². The van der Waals surface area contributed by atoms with Crippen molar-refractivity contribution in [2.24, 2.45) is 5.92 Å². The molecule has 0 aliphatic rings. The van der Waals surface area contributed by atoms with E-state index in [9.17, 15) is 0 Å². The molecule has 0 radical (unpaired) electrons. The summed E-state index contributed by atoms with van der Waals surface area (Å²) in [7, 11) is 1.28. The van der Waals surface area contributed by atoms with Gasteiger partial charge in [0.05, 0.1) is 26.4 Å². The van der Waals surface area contributed by atoms with Gasteiger partial charge in [-0.3, -0.25) is 0 Å². The van der Waals surface area contributed by atoms with Crippen molar-refractivity contribution >= 4 is 8.32 Å². The Morgan fingerprint density at radius 3 is 1.97 bits per heavy atom. The van der Waals surface area contributed by atoms with Crippen LogP contribution in [0, 0.1) is 19.8 Å². The van der Waals surface area contributed by atoms with Crippen LogP contribution < -0.4 is 9.47 Å². The maximum Gasteiger partial charge on any atom is 0.193 e. The fourth-order valence-electron chi connectivity index (χ4n) is 3.76. The molecule has 0 saturated carbocycles. The van der Waals surface area contributed by atoms with Gasteiger partial charge in [-0.15, -0.1) is 0 Å². The van der Waals surface area contributed by atoms with Crippen LogP contribution in [0.3, 0.4) is 0 Å². The molecular weight excluding hydrogens is 440 g/mol. The maximum atomic E-state index is 7.13. The Kier molecular flexibility index (Phi) is 9.81. The Morgan fingerprint density at radius 1 is 0.912 bits per heavy atom. The Hall–Kier alpha value is -1.82. The summed E-state index contributed by atoms with van der Waals surface area (Å²) in [6.45, 7) is 20.6. The normalized spacial score (nSPS) is 14.2. The molecule has 0 aromatic heterocycles. The molecule has 0 spiro atoms. The lowest BCUT2D eigenvalue weighted by atomic mass is 9.96. The van der Waals surface area contributed by atoms with Gasteiger partial charge < -0.3 is 18.6 Å². The van der Waals surface area contributed by atoms with Gasteiger partial charge in [0.2, 0.25) is 0 Å². The zero-order valence-electron chi connectivity index (χ0n) is 23.2. The molecule has 5 heteroatoms. The first-order valence-electron chi connectivity index (χ1n) is 12.4. The molecule has 0 aliphatic heterocycles. The Labute approximate surface area is 209 Å². The molecule has 0 amide bonds. The number of rotatable bonds is 11. The minimum Gasteiger partial charge on any atom is -0.496 e. The summed E-state index contributed by atoms with van der Waals surface area (Å²) >= 11 is 0. The van der Waals surface area contributed by atoms with Gasteiger partial charge in [0.1, 0.15) is 11.5 Å². The number of hydrogen-bond acceptors (Lipinski definition) is 4. The number of benzene rings is 2. The third-order valence-corrected chi connectivity index (χ3v) is 11.3. The molecule has 0 saturated heterocycles. The third-order valence-electron chi connectivity index (χ3n) is 6.83. The monoisotopic (exact) mass is 486 g/mol. The second-order valence-electron chi connectivity index (χ2n) is 11.3. The quantitative estimate of drug-likeness (QED) is 0.305. The van der Waals surface area contributed by atoms with Crippen molar-refractivity contribution in [3.05, 3.63) is 58.7 Å². The van der Waals surface area contributed by atoms with E-state index in [1.165, 1.54) is 11.1 Å². The van der Waals surface area contributed by atoms with Crippen LogP contribution in [0.25, 0.3) is 0 Å². The number of aryl methyl sites for hydroxylation is 1. The molecule has 0 bridgehead atoms. The largest absolute Gasteiger partial charge is 0.496 e. The van der Waals surface area contributed by atoms with Crippen molar-refractivity contribution in [3.8, 4) is 11.5 Å². The van der Waals surface area contributed by atoms with Gasteiger partial charge >= 0.3 is 0 Å². The first-order chi connectivity index (χ1) is 15.8. The van der Waals surface area contributed by atoms with Crippen LogP contribution >= 0.6 is 0 Å². The first-order valence-corrected chi connectivity index (χ1v) is 15.3. The topological polar surface area (TPSA) is 36.9 Å². The third kappa shape index (κ3) is 7.34. The van der Waals surface area contributed by atoms with Gasteiger partial charge in [-0.1, -0.05) is 64.4 Å². The molecule has 2 rings (SSSR count). The van der Waals surface area contributed by atoms with E-state index in [-0.39, 0.29) is 17.2 Å². The molecule has 0 heterocycles. The summed E-state index contributed by atoms with van der Waals surface area (Å²) in [5, 5.41) is 0.0655. The van der Waals surface area contributed by atoms with E-state index >= 15 is 0 Å². The van der Waals surface area contributed by atoms with Crippen LogP contribution in [-0.2, 0) is 15.6 Å². The number of methoxy groups -OCH3 is 2. The van der Waals surface area contributed by atoms with E-state index in [1.54, 1.807) is 14.2 Å². The van der Waals surface area contributed by atoms with Crippen LogP contribution in [0.2, 0.25) is 18.1 Å². The van der Waals surface area contributed by atoms with Crippen molar-refractivity contribution in [2.45, 2.75) is 85.2 Å². The van der Waals surface area contributed by atoms with E-state index in [4.69, 9.17) is 18.6 Å². The van der Waals surface area contributed by atoms with Crippen LogP contribution in [0.4, 0.5) is 0 Å². The Bertz CT molecular complexity index is 905. The first kappa shape index (κ1) is 28.4. The van der Waals surface area contributed by atoms with Crippen molar-refractivity contribution < 1.29 is 18.6 Å². The number of hydrogen-bond donors (Lipinski definition) is 0. The van der Waals surface area contributed by atoms with Crippen LogP contribution in [0.1, 0.15) is 63.0 Å². The molecule has 2 atom stereocenters. The number of ether oxygens (including phenoxy) is 3. The van der Waals surface area contributed by atoms with Gasteiger partial charge in [-0.05, 0) is 61.2 Å². The van der Waals surface area contributed by atoms with Crippen molar-refractivity contribution in [3.63, 3.8) is 0 Å². The highest BCUT2D eigenvalue weighted by Crippen LogP contribution is 2.43. The minimum atomic E-state index is -2.13. The summed E-state index contributed by atoms with van der Waals surface area (Å²) in [6, 6.07) is 12.9. The zero-order valence-corrected chi connectivity index (χ0v) is 24.2. The molecular formula is C29H46O4Si. The van der Waals surface area contributed by atoms with Gasteiger partial charge in [0, 0.05) is 18.6 Å². The van der Waals surface area contributed by atoms with E-state index in [2.05, 4.69) is 91.0 Å². The molecule has 2 aromatic rings. The summed E-state index contributed by atoms with van der Waals surface area (Å²) < 4.78 is 25.2. The van der Waals surface area contributed by atoms with E-state index in [0.29, 0.717) is 12.5 Å². The van der Waals surface area contributed by atoms with Crippen LogP contribution in [0.5, 0.6) is 11.5 Å². The highest BCUT2D eigenvalue weighted by Gasteiger charge is 2.42. The molecule has 190 valence electrons. The summed E-state index contributed by atoms with van der Waals surface area (Å²) in [4.78, 5) is 0. The van der Waals surface area contributed by atoms with Crippen LogP contribution in [-0.4, -0.2) is 35.2 Å². The fourth-order valence-corrected chi connectivity index (χ4v) is 5.04. The zero-order chi connectivity index (χ0) is 25.7. The lowest BCUT2D eigenvalue weighted by molar-refractivity contribution is -0.0416. The van der Waals surface area contributed by atoms with Gasteiger partial charge in [0.15, 0.2) is 8.32 Å². The second kappa shape index (κ2) is 11.7. The highest BCUT2D eigenvalue weighted by molar-refractivity contribution is 6.74. The summed E-state index contributed by atoms with van der Waals surface area (Å²) in [5.74, 6) is 2.03. The van der Waals surface area contributed by atoms with Gasteiger partial charge in [0.25, 0.3) is 0 Å². The lowest BCUT2D eigenvalue weighted by Crippen LogP contribution is -2.45. The smallest absolute Gasteiger partial charge is 0.193 e. The van der Waals surface area contributed by atoms with Gasteiger partial charge in [-0.2, -0.15) is 0 Å². The Morgan fingerprint density at radius 2 is 1.50 bits per heavy atom. The molecule has 34 heavy (non-hydrogen) atoms. The van der Waals surface area contributed by atoms with Crippen LogP contribution in [0.15, 0.2) is 36.4 Å². The Balaban J connectivity index is 2.63. The second-order valence-corrected chi connectivity index (χ2v) is 16.1. The minimum absolute atomic E-state index is 0.0655.